The smallest absolute Gasteiger partial charge is 0.0239 e. The van der Waals surface area contributed by atoms with E-state index < -0.39 is 0 Å². The van der Waals surface area contributed by atoms with E-state index in [1.807, 2.05) is 0 Å². The average molecular weight is 82.1 g/mol. The molecule has 1 heteroatoms. The van der Waals surface area contributed by atoms with Crippen molar-refractivity contribution in [2.24, 2.45) is 0 Å². The zero-order valence-corrected chi connectivity index (χ0v) is 3.89. The molecule has 1 heterocycles. The van der Waals surface area contributed by atoms with E-state index in [2.05, 4.69) is 30.6 Å². The van der Waals surface area contributed by atoms with Crippen LogP contribution in [0.4, 0.5) is 0 Å². The van der Waals surface area contributed by atoms with Crippen molar-refractivity contribution in [1.82, 2.24) is 4.90 Å². The molecule has 0 aromatic heterocycles. The predicted octanol–water partition coefficient (Wildman–Crippen LogP) is 0.650. The van der Waals surface area contributed by atoms with Gasteiger partial charge in [-0.25, -0.2) is 0 Å². The van der Waals surface area contributed by atoms with E-state index >= 15 is 0 Å². The number of hydrogen-bond donors (Lipinski definition) is 0. The maximum atomic E-state index is 2.12. The zero-order chi connectivity index (χ0) is 4.41. The molecule has 0 spiro atoms. The molecule has 0 aromatic carbocycles. The first kappa shape index (κ1) is 3.72. The molecular weight excluding hydrogens is 74.1 g/mol. The van der Waals surface area contributed by atoms with Crippen LogP contribution in [0.5, 0.6) is 0 Å². The molecule has 0 fully saturated rings. The summed E-state index contributed by atoms with van der Waals surface area (Å²) in [6.45, 7) is 1.08. The summed E-state index contributed by atoms with van der Waals surface area (Å²) in [6.07, 6.45) is 6.24. The highest BCUT2D eigenvalue weighted by Gasteiger charge is 1.93. The average Bonchev–Trinajstić information content (AvgIpc) is 1.86. The normalized spacial score (nSPS) is 19.8. The van der Waals surface area contributed by atoms with Crippen LogP contribution in [0.2, 0.25) is 0 Å². The Hall–Kier alpha value is -0.460. The third-order valence-corrected chi connectivity index (χ3v) is 0.870. The third kappa shape index (κ3) is 0.534. The summed E-state index contributed by atoms with van der Waals surface area (Å²) in [4.78, 5) is 2.12. The lowest BCUT2D eigenvalue weighted by molar-refractivity contribution is 0.521. The van der Waals surface area contributed by atoms with Gasteiger partial charge in [0.25, 0.3) is 0 Å². The third-order valence-electron chi connectivity index (χ3n) is 0.870. The highest BCUT2D eigenvalue weighted by molar-refractivity contribution is 5.02. The minimum absolute atomic E-state index is 1.08. The van der Waals surface area contributed by atoms with Gasteiger partial charge in [-0.1, -0.05) is 6.08 Å². The summed E-state index contributed by atoms with van der Waals surface area (Å²) < 4.78 is 0. The van der Waals surface area contributed by atoms with Gasteiger partial charge in [0.2, 0.25) is 0 Å². The van der Waals surface area contributed by atoms with Crippen molar-refractivity contribution < 1.29 is 0 Å². The molecule has 0 saturated heterocycles. The van der Waals surface area contributed by atoms with Gasteiger partial charge in [0.15, 0.2) is 0 Å². The Bertz CT molecular complexity index is 66.3. The monoisotopic (exact) mass is 82.1 g/mol. The summed E-state index contributed by atoms with van der Waals surface area (Å²) in [6, 6.07) is 0. The van der Waals surface area contributed by atoms with Gasteiger partial charge in [-0.3, -0.25) is 0 Å². The molecule has 1 aliphatic heterocycles. The molecule has 0 unspecified atom stereocenters. The lowest BCUT2D eigenvalue weighted by Crippen LogP contribution is -2.04. The van der Waals surface area contributed by atoms with Crippen molar-refractivity contribution in [3.8, 4) is 0 Å². The van der Waals surface area contributed by atoms with Crippen molar-refractivity contribution in [1.29, 1.82) is 0 Å². The molecular formula is C5H8N. The van der Waals surface area contributed by atoms with E-state index in [0.29, 0.717) is 0 Å². The van der Waals surface area contributed by atoms with E-state index in [-0.39, 0.29) is 0 Å². The first-order valence-corrected chi connectivity index (χ1v) is 2.10. The van der Waals surface area contributed by atoms with Crippen molar-refractivity contribution in [3.63, 3.8) is 0 Å². The fraction of sp³-hybridized carbons (Fsp3) is 0.400. The predicted molar refractivity (Wildman–Crippen MR) is 26.1 cm³/mol. The van der Waals surface area contributed by atoms with Crippen LogP contribution in [0.15, 0.2) is 12.3 Å². The van der Waals surface area contributed by atoms with E-state index in [0.717, 1.165) is 6.54 Å². The second-order valence-electron chi connectivity index (χ2n) is 1.52. The Morgan fingerprint density at radius 3 is 2.67 bits per heavy atom. The van der Waals surface area contributed by atoms with Gasteiger partial charge >= 0.3 is 0 Å². The number of rotatable bonds is 0. The largest absolute Gasteiger partial charge is 0.380 e. The Morgan fingerprint density at radius 1 is 1.67 bits per heavy atom. The highest BCUT2D eigenvalue weighted by Crippen LogP contribution is 1.96. The van der Waals surface area contributed by atoms with Crippen LogP contribution >= 0.6 is 0 Å². The van der Waals surface area contributed by atoms with Crippen LogP contribution in [0.1, 0.15) is 0 Å². The van der Waals surface area contributed by atoms with Crippen molar-refractivity contribution in [2.75, 3.05) is 13.6 Å². The molecule has 33 valence electrons. The fourth-order valence-electron chi connectivity index (χ4n) is 0.496. The highest BCUT2D eigenvalue weighted by atomic mass is 15.1. The second kappa shape index (κ2) is 1.33. The molecule has 1 rings (SSSR count). The zero-order valence-electron chi connectivity index (χ0n) is 3.89. The van der Waals surface area contributed by atoms with E-state index in [1.165, 1.54) is 0 Å². The molecule has 0 N–H and O–H groups in total. The molecule has 1 radical (unpaired) electrons. The van der Waals surface area contributed by atoms with E-state index in [1.54, 1.807) is 0 Å². The number of hydrogen-bond acceptors (Lipinski definition) is 1. The molecule has 0 atom stereocenters. The molecule has 0 bridgehead atoms. The van der Waals surface area contributed by atoms with Gasteiger partial charge in [-0.05, 0) is 6.20 Å². The SMILES string of the molecule is CN1C=C[CH]C1. The second-order valence-corrected chi connectivity index (χ2v) is 1.52. The lowest BCUT2D eigenvalue weighted by atomic mass is 10.5. The van der Waals surface area contributed by atoms with Gasteiger partial charge < -0.3 is 4.90 Å². The van der Waals surface area contributed by atoms with Crippen LogP contribution in [-0.2, 0) is 0 Å². The standard InChI is InChI=1S/C5H8N/c1-6-4-2-3-5-6/h2-4H,5H2,1H3. The van der Waals surface area contributed by atoms with Crippen molar-refractivity contribution >= 4 is 0 Å². The van der Waals surface area contributed by atoms with Crippen LogP contribution in [0.25, 0.3) is 0 Å². The Kier molecular flexibility index (Phi) is 0.825. The van der Waals surface area contributed by atoms with Gasteiger partial charge in [-0.15, -0.1) is 0 Å². The first-order valence-electron chi connectivity index (χ1n) is 2.10. The Labute approximate surface area is 38.3 Å². The molecule has 0 aliphatic carbocycles. The summed E-state index contributed by atoms with van der Waals surface area (Å²) in [5.74, 6) is 0. The van der Waals surface area contributed by atoms with Crippen LogP contribution in [0.3, 0.4) is 0 Å². The fourth-order valence-corrected chi connectivity index (χ4v) is 0.496. The van der Waals surface area contributed by atoms with Crippen molar-refractivity contribution in [3.05, 3.63) is 18.7 Å². The lowest BCUT2D eigenvalue weighted by Gasteiger charge is -2.02. The minimum atomic E-state index is 1.08. The van der Waals surface area contributed by atoms with Gasteiger partial charge in [-0.2, -0.15) is 0 Å². The molecule has 6 heavy (non-hydrogen) atoms. The van der Waals surface area contributed by atoms with Gasteiger partial charge in [0.05, 0.1) is 0 Å². The topological polar surface area (TPSA) is 3.24 Å². The van der Waals surface area contributed by atoms with E-state index in [4.69, 9.17) is 0 Å². The molecule has 0 amide bonds. The van der Waals surface area contributed by atoms with Gasteiger partial charge in [0.1, 0.15) is 0 Å². The minimum Gasteiger partial charge on any atom is -0.380 e. The number of nitrogens with zero attached hydrogens (tertiary/aromatic N) is 1. The van der Waals surface area contributed by atoms with Gasteiger partial charge in [0, 0.05) is 20.0 Å². The molecule has 1 aliphatic rings. The summed E-state index contributed by atoms with van der Waals surface area (Å²) in [7, 11) is 2.06. The summed E-state index contributed by atoms with van der Waals surface area (Å²) >= 11 is 0. The summed E-state index contributed by atoms with van der Waals surface area (Å²) in [5.41, 5.74) is 0. The Morgan fingerprint density at radius 2 is 2.50 bits per heavy atom. The van der Waals surface area contributed by atoms with Crippen LogP contribution in [-0.4, -0.2) is 18.5 Å². The molecule has 0 saturated carbocycles. The maximum Gasteiger partial charge on any atom is 0.0239 e. The van der Waals surface area contributed by atoms with Crippen LogP contribution in [0, 0.1) is 6.42 Å². The van der Waals surface area contributed by atoms with Crippen LogP contribution < -0.4 is 0 Å². The summed E-state index contributed by atoms with van der Waals surface area (Å²) in [5, 5.41) is 0. The Balaban J connectivity index is 2.38. The van der Waals surface area contributed by atoms with Crippen molar-refractivity contribution in [2.45, 2.75) is 0 Å². The first-order chi connectivity index (χ1) is 2.89. The molecule has 0 aromatic rings. The molecule has 1 nitrogen and oxygen atoms in total. The van der Waals surface area contributed by atoms with E-state index in [9.17, 15) is 0 Å². The quantitative estimate of drug-likeness (QED) is 0.414. The maximum absolute atomic E-state index is 2.12.